The van der Waals surface area contributed by atoms with Gasteiger partial charge >= 0.3 is 0 Å². The van der Waals surface area contributed by atoms with Crippen LogP contribution in [0, 0.1) is 6.92 Å². The standard InChI is InChI=1S/C33H33Cl2N3O5S/c1-4-36-33(40)24(3)37(21-25-12-19-30(34)31(35)20-25)32(39)22-38(44(41,42)29-17-10-23(2)11-18-29)26-13-15-28(16-14-26)43-27-8-6-5-7-9-27/h5-20,24H,4,21-22H2,1-3H3,(H,36,40)/t24-/m0/s1. The summed E-state index contributed by atoms with van der Waals surface area (Å²) in [5.74, 6) is 0.147. The third-order valence-electron chi connectivity index (χ3n) is 6.85. The van der Waals surface area contributed by atoms with Crippen molar-refractivity contribution in [3.8, 4) is 11.5 Å². The molecule has 0 spiro atoms. The van der Waals surface area contributed by atoms with Crippen LogP contribution >= 0.6 is 23.2 Å². The first-order valence-corrected chi connectivity index (χ1v) is 16.1. The predicted octanol–water partition coefficient (Wildman–Crippen LogP) is 6.84. The van der Waals surface area contributed by atoms with Crippen LogP contribution in [-0.4, -0.2) is 44.3 Å². The molecule has 0 saturated carbocycles. The van der Waals surface area contributed by atoms with Gasteiger partial charge in [0, 0.05) is 13.1 Å². The van der Waals surface area contributed by atoms with Gasteiger partial charge in [-0.15, -0.1) is 0 Å². The molecule has 11 heteroatoms. The summed E-state index contributed by atoms with van der Waals surface area (Å²) < 4.78 is 35.0. The highest BCUT2D eigenvalue weighted by atomic mass is 35.5. The van der Waals surface area contributed by atoms with E-state index in [4.69, 9.17) is 27.9 Å². The van der Waals surface area contributed by atoms with E-state index >= 15 is 0 Å². The van der Waals surface area contributed by atoms with Gasteiger partial charge in [-0.2, -0.15) is 0 Å². The van der Waals surface area contributed by atoms with Gasteiger partial charge in [0.25, 0.3) is 10.0 Å². The highest BCUT2D eigenvalue weighted by Crippen LogP contribution is 2.29. The zero-order valence-electron chi connectivity index (χ0n) is 24.5. The third-order valence-corrected chi connectivity index (χ3v) is 9.37. The monoisotopic (exact) mass is 653 g/mol. The second kappa shape index (κ2) is 14.6. The molecule has 8 nitrogen and oxygen atoms in total. The number of nitrogens with one attached hydrogen (secondary N) is 1. The van der Waals surface area contributed by atoms with E-state index in [2.05, 4.69) is 5.32 Å². The van der Waals surface area contributed by atoms with Gasteiger partial charge in [-0.25, -0.2) is 8.42 Å². The van der Waals surface area contributed by atoms with Crippen molar-refractivity contribution in [1.82, 2.24) is 10.2 Å². The zero-order valence-corrected chi connectivity index (χ0v) is 26.9. The number of carbonyl (C=O) groups excluding carboxylic acids is 2. The molecule has 0 heterocycles. The molecule has 230 valence electrons. The lowest BCUT2D eigenvalue weighted by molar-refractivity contribution is -0.139. The van der Waals surface area contributed by atoms with Crippen molar-refractivity contribution in [2.24, 2.45) is 0 Å². The van der Waals surface area contributed by atoms with Crippen LogP contribution in [0.3, 0.4) is 0 Å². The molecule has 0 saturated heterocycles. The number of likely N-dealkylation sites (N-methyl/N-ethyl adjacent to an activating group) is 1. The van der Waals surface area contributed by atoms with Crippen LogP contribution in [0.15, 0.2) is 102 Å². The molecule has 0 aromatic heterocycles. The van der Waals surface area contributed by atoms with Crippen LogP contribution < -0.4 is 14.4 Å². The Morgan fingerprint density at radius 3 is 2.11 bits per heavy atom. The van der Waals surface area contributed by atoms with E-state index in [9.17, 15) is 18.0 Å². The minimum absolute atomic E-state index is 0.00367. The number of carbonyl (C=O) groups is 2. The average molecular weight is 655 g/mol. The van der Waals surface area contributed by atoms with Crippen LogP contribution in [0.2, 0.25) is 10.0 Å². The van der Waals surface area contributed by atoms with Crippen LogP contribution in [0.4, 0.5) is 5.69 Å². The molecule has 1 atom stereocenters. The maximum Gasteiger partial charge on any atom is 0.264 e. The maximum atomic E-state index is 14.0. The number of ether oxygens (including phenoxy) is 1. The van der Waals surface area contributed by atoms with Crippen molar-refractivity contribution >= 4 is 50.7 Å². The van der Waals surface area contributed by atoms with Crippen molar-refractivity contribution in [2.45, 2.75) is 38.3 Å². The molecule has 0 fully saturated rings. The highest BCUT2D eigenvalue weighted by molar-refractivity contribution is 7.92. The summed E-state index contributed by atoms with van der Waals surface area (Å²) in [6.45, 7) is 5.01. The van der Waals surface area contributed by atoms with Gasteiger partial charge in [0.05, 0.1) is 20.6 Å². The van der Waals surface area contributed by atoms with Crippen molar-refractivity contribution in [2.75, 3.05) is 17.4 Å². The topological polar surface area (TPSA) is 96.0 Å². The normalized spacial score (nSPS) is 11.8. The number of anilines is 1. The summed E-state index contributed by atoms with van der Waals surface area (Å²) in [7, 11) is -4.21. The summed E-state index contributed by atoms with van der Waals surface area (Å²) in [5, 5.41) is 3.38. The molecule has 0 aliphatic carbocycles. The second-order valence-corrected chi connectivity index (χ2v) is 12.8. The van der Waals surface area contributed by atoms with Crippen LogP contribution in [0.1, 0.15) is 25.0 Å². The number of hydrogen-bond acceptors (Lipinski definition) is 5. The molecule has 4 rings (SSSR count). The molecule has 4 aromatic carbocycles. The summed E-state index contributed by atoms with van der Waals surface area (Å²) in [4.78, 5) is 28.3. The molecule has 0 aliphatic heterocycles. The fourth-order valence-electron chi connectivity index (χ4n) is 4.41. The quantitative estimate of drug-likeness (QED) is 0.181. The first kappa shape index (κ1) is 32.9. The van der Waals surface area contributed by atoms with E-state index < -0.39 is 28.5 Å². The van der Waals surface area contributed by atoms with Crippen molar-refractivity contribution in [1.29, 1.82) is 0 Å². The molecule has 2 amide bonds. The smallest absolute Gasteiger partial charge is 0.264 e. The fraction of sp³-hybridized carbons (Fsp3) is 0.212. The summed E-state index contributed by atoms with van der Waals surface area (Å²) in [6, 6.07) is 26.0. The Labute approximate surface area is 268 Å². The minimum Gasteiger partial charge on any atom is -0.457 e. The summed E-state index contributed by atoms with van der Waals surface area (Å²) in [6.07, 6.45) is 0. The molecule has 0 bridgehead atoms. The number of aryl methyl sites for hydroxylation is 1. The second-order valence-electron chi connectivity index (χ2n) is 10.1. The lowest BCUT2D eigenvalue weighted by Crippen LogP contribution is -2.51. The van der Waals surface area contributed by atoms with Gasteiger partial charge in [-0.05, 0) is 87.0 Å². The predicted molar refractivity (Wildman–Crippen MR) is 174 cm³/mol. The lowest BCUT2D eigenvalue weighted by atomic mass is 10.1. The van der Waals surface area contributed by atoms with Crippen LogP contribution in [0.5, 0.6) is 11.5 Å². The number of nitrogens with zero attached hydrogens (tertiary/aromatic N) is 2. The van der Waals surface area contributed by atoms with Gasteiger partial charge in [-0.3, -0.25) is 13.9 Å². The van der Waals surface area contributed by atoms with Crippen molar-refractivity contribution < 1.29 is 22.7 Å². The Balaban J connectivity index is 1.71. The Morgan fingerprint density at radius 1 is 0.864 bits per heavy atom. The molecular formula is C33H33Cl2N3O5S. The molecule has 1 N–H and O–H groups in total. The number of rotatable bonds is 12. The lowest BCUT2D eigenvalue weighted by Gasteiger charge is -2.32. The van der Waals surface area contributed by atoms with E-state index in [-0.39, 0.29) is 23.0 Å². The number of para-hydroxylation sites is 1. The van der Waals surface area contributed by atoms with Gasteiger partial charge in [0.2, 0.25) is 11.8 Å². The number of sulfonamides is 1. The highest BCUT2D eigenvalue weighted by Gasteiger charge is 2.32. The summed E-state index contributed by atoms with van der Waals surface area (Å²) >= 11 is 12.3. The first-order valence-electron chi connectivity index (χ1n) is 13.9. The number of benzene rings is 4. The molecule has 44 heavy (non-hydrogen) atoms. The molecule has 4 aromatic rings. The Hall–Kier alpha value is -4.05. The Morgan fingerprint density at radius 2 is 1.50 bits per heavy atom. The van der Waals surface area contributed by atoms with Gasteiger partial charge in [0.15, 0.2) is 0 Å². The van der Waals surface area contributed by atoms with E-state index in [1.807, 2.05) is 25.1 Å². The first-order chi connectivity index (χ1) is 21.0. The van der Waals surface area contributed by atoms with E-state index in [1.165, 1.54) is 17.0 Å². The zero-order chi connectivity index (χ0) is 31.9. The molecular weight excluding hydrogens is 621 g/mol. The van der Waals surface area contributed by atoms with Gasteiger partial charge in [0.1, 0.15) is 24.1 Å². The largest absolute Gasteiger partial charge is 0.457 e. The van der Waals surface area contributed by atoms with E-state index in [1.54, 1.807) is 80.6 Å². The van der Waals surface area contributed by atoms with Crippen LogP contribution in [0.25, 0.3) is 0 Å². The number of amides is 2. The third kappa shape index (κ3) is 8.11. The van der Waals surface area contributed by atoms with E-state index in [0.29, 0.717) is 33.7 Å². The Kier molecular flexibility index (Phi) is 10.9. The SMILES string of the molecule is CCNC(=O)[C@H](C)N(Cc1ccc(Cl)c(Cl)c1)C(=O)CN(c1ccc(Oc2ccccc2)cc1)S(=O)(=O)c1ccc(C)cc1. The summed E-state index contributed by atoms with van der Waals surface area (Å²) in [5.41, 5.74) is 1.76. The van der Waals surface area contributed by atoms with Gasteiger partial charge < -0.3 is 15.0 Å². The van der Waals surface area contributed by atoms with Crippen LogP contribution in [-0.2, 0) is 26.2 Å². The van der Waals surface area contributed by atoms with Gasteiger partial charge in [-0.1, -0.05) is 65.2 Å². The minimum atomic E-state index is -4.21. The Bertz CT molecular complexity index is 1700. The molecule has 0 radical (unpaired) electrons. The maximum absolute atomic E-state index is 14.0. The molecule has 0 unspecified atom stereocenters. The number of hydrogen-bond donors (Lipinski definition) is 1. The average Bonchev–Trinajstić information content (AvgIpc) is 3.01. The van der Waals surface area contributed by atoms with E-state index in [0.717, 1.165) is 9.87 Å². The number of halogens is 2. The fourth-order valence-corrected chi connectivity index (χ4v) is 6.15. The van der Waals surface area contributed by atoms with Crippen molar-refractivity contribution in [3.63, 3.8) is 0 Å². The van der Waals surface area contributed by atoms with Crippen molar-refractivity contribution in [3.05, 3.63) is 118 Å². The molecule has 0 aliphatic rings.